The largest absolute Gasteiger partial charge is 0.393 e. The number of rotatable bonds is 5. The zero-order chi connectivity index (χ0) is 25.4. The van der Waals surface area contributed by atoms with E-state index >= 15 is 0 Å². The minimum Gasteiger partial charge on any atom is -0.350 e. The van der Waals surface area contributed by atoms with E-state index in [1.807, 2.05) is 36.4 Å². The molecule has 190 valence electrons. The van der Waals surface area contributed by atoms with Gasteiger partial charge in [0.2, 0.25) is 11.8 Å². The number of likely N-dealkylation sites (tertiary alicyclic amines) is 1. The summed E-state index contributed by atoms with van der Waals surface area (Å²) in [7, 11) is 1.76. The van der Waals surface area contributed by atoms with Crippen LogP contribution >= 0.6 is 0 Å². The third kappa shape index (κ3) is 4.79. The Balaban J connectivity index is 1.28. The fourth-order valence-electron chi connectivity index (χ4n) is 5.17. The molecule has 4 unspecified atom stereocenters. The first-order valence-electron chi connectivity index (χ1n) is 11.9. The third-order valence-corrected chi connectivity index (χ3v) is 7.19. The molecule has 2 fully saturated rings. The second kappa shape index (κ2) is 9.53. The number of nitrogens with zero attached hydrogens (tertiary/aromatic N) is 4. The monoisotopic (exact) mass is 500 g/mol. The van der Waals surface area contributed by atoms with Gasteiger partial charge < -0.3 is 15.5 Å². The van der Waals surface area contributed by atoms with E-state index in [1.165, 1.54) is 0 Å². The van der Waals surface area contributed by atoms with Crippen LogP contribution in [-0.4, -0.2) is 63.1 Å². The van der Waals surface area contributed by atoms with Crippen LogP contribution in [0.4, 0.5) is 13.2 Å². The van der Waals surface area contributed by atoms with Crippen LogP contribution in [0.2, 0.25) is 0 Å². The van der Waals surface area contributed by atoms with E-state index in [0.29, 0.717) is 18.5 Å². The summed E-state index contributed by atoms with van der Waals surface area (Å²) in [6, 6.07) is 13.3. The Hall–Kier alpha value is -3.47. The summed E-state index contributed by atoms with van der Waals surface area (Å²) >= 11 is 0. The van der Waals surface area contributed by atoms with Crippen molar-refractivity contribution in [3.63, 3.8) is 0 Å². The molecule has 0 bridgehead atoms. The number of benzene rings is 2. The number of aryl methyl sites for hydroxylation is 1. The smallest absolute Gasteiger partial charge is 0.350 e. The van der Waals surface area contributed by atoms with E-state index in [0.717, 1.165) is 21.5 Å². The van der Waals surface area contributed by atoms with Crippen molar-refractivity contribution in [3.8, 4) is 0 Å². The van der Waals surface area contributed by atoms with Crippen molar-refractivity contribution in [1.82, 2.24) is 30.5 Å². The highest BCUT2D eigenvalue weighted by molar-refractivity contribution is 5.90. The van der Waals surface area contributed by atoms with Gasteiger partial charge in [0.15, 0.2) is 0 Å². The molecule has 8 nitrogen and oxygen atoms in total. The minimum absolute atomic E-state index is 0.0874. The van der Waals surface area contributed by atoms with E-state index in [4.69, 9.17) is 0 Å². The van der Waals surface area contributed by atoms with E-state index in [-0.39, 0.29) is 12.5 Å². The van der Waals surface area contributed by atoms with Crippen LogP contribution in [0.5, 0.6) is 0 Å². The van der Waals surface area contributed by atoms with Gasteiger partial charge in [-0.25, -0.2) is 4.68 Å². The lowest BCUT2D eigenvalue weighted by Crippen LogP contribution is -2.51. The van der Waals surface area contributed by atoms with Crippen molar-refractivity contribution < 1.29 is 22.8 Å². The maximum atomic E-state index is 13.6. The Morgan fingerprint density at radius 3 is 2.67 bits per heavy atom. The van der Waals surface area contributed by atoms with Gasteiger partial charge in [0.05, 0.1) is 17.5 Å². The minimum atomic E-state index is -4.49. The lowest BCUT2D eigenvalue weighted by Gasteiger charge is -2.27. The highest BCUT2D eigenvalue weighted by Gasteiger charge is 2.52. The molecule has 0 saturated carbocycles. The molecule has 5 rings (SSSR count). The summed E-state index contributed by atoms with van der Waals surface area (Å²) in [5.41, 5.74) is 3.29. The summed E-state index contributed by atoms with van der Waals surface area (Å²) in [5.74, 6) is -2.70. The Morgan fingerprint density at radius 1 is 1.14 bits per heavy atom. The standard InChI is InChI=1S/C25H27F3N6O2/c1-33-21-8-7-15(9-19(21)31-32-33)12-30-23(35)22-11-18(25(26,27)28)14-34(22)24(36)20-10-17(13-29-20)16-5-3-2-4-6-16/h2-9,17-18,20,22,29H,10-14H2,1H3,(H,30,35). The van der Waals surface area contributed by atoms with Gasteiger partial charge in [-0.15, -0.1) is 5.10 Å². The van der Waals surface area contributed by atoms with E-state index in [2.05, 4.69) is 20.9 Å². The Morgan fingerprint density at radius 2 is 1.92 bits per heavy atom. The van der Waals surface area contributed by atoms with Crippen molar-refractivity contribution in [2.75, 3.05) is 13.1 Å². The quantitative estimate of drug-likeness (QED) is 0.562. The predicted octanol–water partition coefficient (Wildman–Crippen LogP) is 2.51. The summed E-state index contributed by atoms with van der Waals surface area (Å²) in [4.78, 5) is 27.5. The lowest BCUT2D eigenvalue weighted by molar-refractivity contribution is -0.171. The molecule has 4 atom stereocenters. The zero-order valence-electron chi connectivity index (χ0n) is 19.7. The topological polar surface area (TPSA) is 92.2 Å². The van der Waals surface area contributed by atoms with Gasteiger partial charge in [0.1, 0.15) is 11.6 Å². The number of hydrogen-bond donors (Lipinski definition) is 2. The fourth-order valence-corrected chi connectivity index (χ4v) is 5.17. The van der Waals surface area contributed by atoms with Crippen LogP contribution in [0.3, 0.4) is 0 Å². The summed E-state index contributed by atoms with van der Waals surface area (Å²) < 4.78 is 42.4. The molecule has 3 heterocycles. The van der Waals surface area contributed by atoms with E-state index in [1.54, 1.807) is 23.9 Å². The van der Waals surface area contributed by atoms with Crippen LogP contribution in [0.1, 0.15) is 29.9 Å². The second-order valence-electron chi connectivity index (χ2n) is 9.54. The zero-order valence-corrected chi connectivity index (χ0v) is 19.7. The number of fused-ring (bicyclic) bond motifs is 1. The summed E-state index contributed by atoms with van der Waals surface area (Å²) in [5, 5.41) is 13.9. The number of carbonyl (C=O) groups excluding carboxylic acids is 2. The number of nitrogens with one attached hydrogen (secondary N) is 2. The number of carbonyl (C=O) groups is 2. The first kappa shape index (κ1) is 24.2. The Bertz CT molecular complexity index is 1260. The fraction of sp³-hybridized carbons (Fsp3) is 0.440. The van der Waals surface area contributed by atoms with Gasteiger partial charge in [0.25, 0.3) is 0 Å². The molecule has 1 aromatic heterocycles. The molecule has 2 aromatic carbocycles. The molecule has 2 aliphatic rings. The molecular formula is C25H27F3N6O2. The lowest BCUT2D eigenvalue weighted by atomic mass is 9.96. The number of alkyl halides is 3. The molecular weight excluding hydrogens is 473 g/mol. The van der Waals surface area contributed by atoms with Crippen molar-refractivity contribution in [2.45, 2.75) is 43.6 Å². The average Bonchev–Trinajstić information content (AvgIpc) is 3.61. The van der Waals surface area contributed by atoms with Gasteiger partial charge in [0, 0.05) is 26.7 Å². The summed E-state index contributed by atoms with van der Waals surface area (Å²) in [6.45, 7) is 0.150. The van der Waals surface area contributed by atoms with Crippen LogP contribution in [0.15, 0.2) is 48.5 Å². The first-order chi connectivity index (χ1) is 17.2. The van der Waals surface area contributed by atoms with E-state index < -0.39 is 49.0 Å². The number of aromatic nitrogens is 3. The Kier molecular flexibility index (Phi) is 6.42. The molecule has 0 aliphatic carbocycles. The number of amides is 2. The number of halogens is 3. The van der Waals surface area contributed by atoms with Gasteiger partial charge in [-0.05, 0) is 42.0 Å². The Labute approximate surface area is 205 Å². The highest BCUT2D eigenvalue weighted by atomic mass is 19.4. The van der Waals surface area contributed by atoms with Gasteiger partial charge in [-0.1, -0.05) is 41.6 Å². The molecule has 36 heavy (non-hydrogen) atoms. The predicted molar refractivity (Wildman–Crippen MR) is 126 cm³/mol. The maximum absolute atomic E-state index is 13.6. The van der Waals surface area contributed by atoms with Crippen LogP contribution in [0.25, 0.3) is 11.0 Å². The maximum Gasteiger partial charge on any atom is 0.393 e. The van der Waals surface area contributed by atoms with Crippen molar-refractivity contribution >= 4 is 22.8 Å². The molecule has 0 radical (unpaired) electrons. The number of hydrogen-bond acceptors (Lipinski definition) is 5. The third-order valence-electron chi connectivity index (χ3n) is 7.19. The van der Waals surface area contributed by atoms with Gasteiger partial charge in [-0.3, -0.25) is 9.59 Å². The molecule has 2 N–H and O–H groups in total. The van der Waals surface area contributed by atoms with Crippen LogP contribution < -0.4 is 10.6 Å². The molecule has 2 aliphatic heterocycles. The van der Waals surface area contributed by atoms with Gasteiger partial charge >= 0.3 is 6.18 Å². The van der Waals surface area contributed by atoms with Crippen molar-refractivity contribution in [1.29, 1.82) is 0 Å². The normalized spacial score (nSPS) is 24.4. The molecule has 0 spiro atoms. The van der Waals surface area contributed by atoms with Crippen molar-refractivity contribution in [3.05, 3.63) is 59.7 Å². The highest BCUT2D eigenvalue weighted by Crippen LogP contribution is 2.38. The molecule has 11 heteroatoms. The molecule has 2 amide bonds. The van der Waals surface area contributed by atoms with Crippen LogP contribution in [0, 0.1) is 5.92 Å². The van der Waals surface area contributed by atoms with Gasteiger partial charge in [-0.2, -0.15) is 13.2 Å². The van der Waals surface area contributed by atoms with Crippen molar-refractivity contribution in [2.24, 2.45) is 13.0 Å². The van der Waals surface area contributed by atoms with Crippen LogP contribution in [-0.2, 0) is 23.2 Å². The first-order valence-corrected chi connectivity index (χ1v) is 11.9. The SMILES string of the molecule is Cn1nnc2cc(CNC(=O)C3CC(C(F)(F)F)CN3C(=O)C3CC(c4ccccc4)CN3)ccc21. The molecule has 2 saturated heterocycles. The molecule has 3 aromatic rings. The van der Waals surface area contributed by atoms with E-state index in [9.17, 15) is 22.8 Å². The second-order valence-corrected chi connectivity index (χ2v) is 9.54. The average molecular weight is 501 g/mol. The summed E-state index contributed by atoms with van der Waals surface area (Å²) in [6.07, 6.45) is -4.46.